The molecule has 28 heavy (non-hydrogen) atoms. The zero-order valence-electron chi connectivity index (χ0n) is 14.6. The molecule has 0 aliphatic heterocycles. The summed E-state index contributed by atoms with van der Waals surface area (Å²) in [5.74, 6) is -0.825. The third-order valence-corrected chi connectivity index (χ3v) is 4.67. The van der Waals surface area contributed by atoms with Crippen LogP contribution >= 0.6 is 11.6 Å². The fourth-order valence-electron chi connectivity index (χ4n) is 2.92. The van der Waals surface area contributed by atoms with Gasteiger partial charge in [-0.3, -0.25) is 14.0 Å². The zero-order valence-corrected chi connectivity index (χ0v) is 15.4. The smallest absolute Gasteiger partial charge is 0.274 e. The molecule has 2 aromatic heterocycles. The summed E-state index contributed by atoms with van der Waals surface area (Å²) in [6, 6.07) is 17.7. The first-order valence-corrected chi connectivity index (χ1v) is 8.84. The van der Waals surface area contributed by atoms with Crippen LogP contribution in [0.1, 0.15) is 20.8 Å². The van der Waals surface area contributed by atoms with Gasteiger partial charge in [-0.2, -0.15) is 0 Å². The standard InChI is InChI=1S/C21H15ClN4O2/c22-16-6-1-2-7-17(16)25-21(28)18-11-24-19-9-8-15(12-26(18)19)13-4-3-5-14(10-13)20(23)27/h1-12H,(H2,23,27)(H,25,28). The molecule has 4 rings (SSSR count). The van der Waals surface area contributed by atoms with Crippen molar-refractivity contribution >= 4 is 34.7 Å². The lowest BCUT2D eigenvalue weighted by Crippen LogP contribution is -2.14. The molecule has 138 valence electrons. The van der Waals surface area contributed by atoms with Gasteiger partial charge in [0.25, 0.3) is 5.91 Å². The molecule has 4 aromatic rings. The molecule has 0 aliphatic rings. The summed E-state index contributed by atoms with van der Waals surface area (Å²) >= 11 is 6.12. The minimum absolute atomic E-state index is 0.330. The number of imidazole rings is 1. The fourth-order valence-corrected chi connectivity index (χ4v) is 3.10. The second kappa shape index (κ2) is 7.17. The Kier molecular flexibility index (Phi) is 4.55. The number of amides is 2. The second-order valence-electron chi connectivity index (χ2n) is 6.17. The first-order valence-electron chi connectivity index (χ1n) is 8.46. The molecule has 0 atom stereocenters. The Hall–Kier alpha value is -3.64. The molecular weight excluding hydrogens is 376 g/mol. The largest absolute Gasteiger partial charge is 0.366 e. The summed E-state index contributed by atoms with van der Waals surface area (Å²) in [6.07, 6.45) is 3.30. The number of nitrogens with zero attached hydrogens (tertiary/aromatic N) is 2. The normalized spacial score (nSPS) is 10.8. The van der Waals surface area contributed by atoms with Gasteiger partial charge in [0.15, 0.2) is 0 Å². The number of primary amides is 1. The molecule has 0 unspecified atom stereocenters. The van der Waals surface area contributed by atoms with E-state index in [0.29, 0.717) is 27.6 Å². The van der Waals surface area contributed by atoms with Crippen molar-refractivity contribution in [2.24, 2.45) is 5.73 Å². The summed E-state index contributed by atoms with van der Waals surface area (Å²) in [6.45, 7) is 0. The van der Waals surface area contributed by atoms with Gasteiger partial charge in [-0.25, -0.2) is 4.98 Å². The van der Waals surface area contributed by atoms with E-state index in [-0.39, 0.29) is 5.91 Å². The molecule has 0 spiro atoms. The summed E-state index contributed by atoms with van der Waals surface area (Å²) in [5.41, 5.74) is 8.92. The Bertz CT molecular complexity index is 1220. The lowest BCUT2D eigenvalue weighted by atomic mass is 10.0. The van der Waals surface area contributed by atoms with Crippen molar-refractivity contribution in [3.8, 4) is 11.1 Å². The van der Waals surface area contributed by atoms with Crippen molar-refractivity contribution in [1.82, 2.24) is 9.38 Å². The summed E-state index contributed by atoms with van der Waals surface area (Å²) < 4.78 is 1.69. The molecule has 6 nitrogen and oxygen atoms in total. The number of hydrogen-bond donors (Lipinski definition) is 2. The van der Waals surface area contributed by atoms with Crippen LogP contribution in [0.25, 0.3) is 16.8 Å². The molecule has 0 aliphatic carbocycles. The Labute approximate surface area is 165 Å². The van der Waals surface area contributed by atoms with Gasteiger partial charge in [0.1, 0.15) is 11.3 Å². The van der Waals surface area contributed by atoms with Crippen molar-refractivity contribution in [3.05, 3.63) is 89.3 Å². The maximum atomic E-state index is 12.7. The van der Waals surface area contributed by atoms with Crippen molar-refractivity contribution in [2.75, 3.05) is 5.32 Å². The van der Waals surface area contributed by atoms with Crippen LogP contribution in [0.5, 0.6) is 0 Å². The molecule has 7 heteroatoms. The average molecular weight is 391 g/mol. The van der Waals surface area contributed by atoms with Gasteiger partial charge >= 0.3 is 0 Å². The molecule has 0 fully saturated rings. The quantitative estimate of drug-likeness (QED) is 0.551. The van der Waals surface area contributed by atoms with E-state index in [1.165, 1.54) is 6.20 Å². The van der Waals surface area contributed by atoms with E-state index >= 15 is 0 Å². The first-order chi connectivity index (χ1) is 13.5. The van der Waals surface area contributed by atoms with Crippen molar-refractivity contribution < 1.29 is 9.59 Å². The number of rotatable bonds is 4. The van der Waals surface area contributed by atoms with Crippen LogP contribution in [0.15, 0.2) is 73.1 Å². The van der Waals surface area contributed by atoms with Crippen molar-refractivity contribution in [2.45, 2.75) is 0 Å². The number of nitrogens with one attached hydrogen (secondary N) is 1. The molecule has 0 saturated heterocycles. The summed E-state index contributed by atoms with van der Waals surface area (Å²) in [4.78, 5) is 28.5. The molecule has 0 bridgehead atoms. The van der Waals surface area contributed by atoms with E-state index in [1.807, 2.05) is 12.1 Å². The molecule has 3 N–H and O–H groups in total. The number of hydrogen-bond acceptors (Lipinski definition) is 3. The highest BCUT2D eigenvalue weighted by atomic mass is 35.5. The van der Waals surface area contributed by atoms with E-state index in [9.17, 15) is 9.59 Å². The van der Waals surface area contributed by atoms with Crippen LogP contribution < -0.4 is 11.1 Å². The Morgan fingerprint density at radius 2 is 1.82 bits per heavy atom. The minimum Gasteiger partial charge on any atom is -0.366 e. The van der Waals surface area contributed by atoms with E-state index in [2.05, 4.69) is 10.3 Å². The van der Waals surface area contributed by atoms with Gasteiger partial charge in [-0.05, 0) is 47.5 Å². The molecule has 2 aromatic carbocycles. The number of nitrogens with two attached hydrogens (primary N) is 1. The third-order valence-electron chi connectivity index (χ3n) is 4.34. The van der Waals surface area contributed by atoms with Gasteiger partial charge in [0.2, 0.25) is 5.91 Å². The predicted octanol–water partition coefficient (Wildman–Crippen LogP) is 4.01. The van der Waals surface area contributed by atoms with Crippen LogP contribution in [0, 0.1) is 0 Å². The Morgan fingerprint density at radius 1 is 1.00 bits per heavy atom. The van der Waals surface area contributed by atoms with Gasteiger partial charge in [0, 0.05) is 11.8 Å². The number of carbonyl (C=O) groups excluding carboxylic acids is 2. The minimum atomic E-state index is -0.495. The fraction of sp³-hybridized carbons (Fsp3) is 0. The van der Waals surface area contributed by atoms with Crippen LogP contribution in [0.3, 0.4) is 0 Å². The number of para-hydroxylation sites is 1. The average Bonchev–Trinajstić information content (AvgIpc) is 3.13. The number of pyridine rings is 1. The van der Waals surface area contributed by atoms with Crippen LogP contribution in [-0.4, -0.2) is 21.2 Å². The van der Waals surface area contributed by atoms with Gasteiger partial charge in [-0.15, -0.1) is 0 Å². The van der Waals surface area contributed by atoms with E-state index in [4.69, 9.17) is 17.3 Å². The molecule has 2 heterocycles. The number of halogens is 1. The second-order valence-corrected chi connectivity index (χ2v) is 6.58. The van der Waals surface area contributed by atoms with Gasteiger partial charge in [0.05, 0.1) is 16.9 Å². The van der Waals surface area contributed by atoms with Crippen LogP contribution in [-0.2, 0) is 0 Å². The number of carbonyl (C=O) groups is 2. The van der Waals surface area contributed by atoms with Crippen molar-refractivity contribution in [3.63, 3.8) is 0 Å². The maximum Gasteiger partial charge on any atom is 0.274 e. The Balaban J connectivity index is 1.72. The first kappa shape index (κ1) is 17.8. The topological polar surface area (TPSA) is 89.5 Å². The monoisotopic (exact) mass is 390 g/mol. The van der Waals surface area contributed by atoms with Crippen LogP contribution in [0.2, 0.25) is 5.02 Å². The number of fused-ring (bicyclic) bond motifs is 1. The third kappa shape index (κ3) is 3.33. The molecule has 0 radical (unpaired) electrons. The zero-order chi connectivity index (χ0) is 19.7. The van der Waals surface area contributed by atoms with E-state index in [1.54, 1.807) is 59.1 Å². The van der Waals surface area contributed by atoms with Crippen molar-refractivity contribution in [1.29, 1.82) is 0 Å². The SMILES string of the molecule is NC(=O)c1cccc(-c2ccc3ncc(C(=O)Nc4ccccc4Cl)n3c2)c1. The number of anilines is 1. The highest BCUT2D eigenvalue weighted by molar-refractivity contribution is 6.33. The summed E-state index contributed by atoms with van der Waals surface area (Å²) in [5, 5.41) is 3.25. The maximum absolute atomic E-state index is 12.7. The number of aromatic nitrogens is 2. The molecule has 2 amide bonds. The molecular formula is C21H15ClN4O2. The number of benzene rings is 2. The Morgan fingerprint density at radius 3 is 2.61 bits per heavy atom. The van der Waals surface area contributed by atoms with E-state index < -0.39 is 5.91 Å². The van der Waals surface area contributed by atoms with Gasteiger partial charge < -0.3 is 11.1 Å². The summed E-state index contributed by atoms with van der Waals surface area (Å²) in [7, 11) is 0. The lowest BCUT2D eigenvalue weighted by Gasteiger charge is -2.08. The highest BCUT2D eigenvalue weighted by Gasteiger charge is 2.14. The van der Waals surface area contributed by atoms with E-state index in [0.717, 1.165) is 11.1 Å². The lowest BCUT2D eigenvalue weighted by molar-refractivity contribution is 0.0997. The molecule has 0 saturated carbocycles. The highest BCUT2D eigenvalue weighted by Crippen LogP contribution is 2.24. The predicted molar refractivity (Wildman–Crippen MR) is 109 cm³/mol. The van der Waals surface area contributed by atoms with Gasteiger partial charge in [-0.1, -0.05) is 35.9 Å². The van der Waals surface area contributed by atoms with Crippen LogP contribution in [0.4, 0.5) is 5.69 Å².